The largest absolute Gasteiger partial charge is 0.497 e. The normalized spacial score (nSPS) is 11.1. The molecule has 9 heteroatoms. The van der Waals surface area contributed by atoms with Gasteiger partial charge in [0.15, 0.2) is 5.13 Å². The molecule has 1 aromatic carbocycles. The van der Waals surface area contributed by atoms with Gasteiger partial charge in [0.1, 0.15) is 12.1 Å². The molecule has 0 aliphatic carbocycles. The van der Waals surface area contributed by atoms with Crippen LogP contribution in [0.5, 0.6) is 5.75 Å². The summed E-state index contributed by atoms with van der Waals surface area (Å²) in [6, 6.07) is 7.73. The van der Waals surface area contributed by atoms with Crippen LogP contribution in [-0.4, -0.2) is 37.6 Å². The summed E-state index contributed by atoms with van der Waals surface area (Å²) in [5, 5.41) is 7.72. The van der Waals surface area contributed by atoms with Crippen molar-refractivity contribution in [1.82, 2.24) is 24.6 Å². The van der Waals surface area contributed by atoms with Crippen molar-refractivity contribution in [2.45, 2.75) is 33.6 Å². The van der Waals surface area contributed by atoms with Crippen molar-refractivity contribution < 1.29 is 9.53 Å². The molecule has 0 spiro atoms. The maximum Gasteiger partial charge on any atom is 0.252 e. The Kier molecular flexibility index (Phi) is 5.45. The van der Waals surface area contributed by atoms with E-state index in [0.717, 1.165) is 38.8 Å². The number of benzene rings is 1. The molecular weight excluding hydrogens is 400 g/mol. The van der Waals surface area contributed by atoms with Gasteiger partial charge in [0.05, 0.1) is 12.8 Å². The van der Waals surface area contributed by atoms with Gasteiger partial charge in [-0.3, -0.25) is 4.79 Å². The first-order chi connectivity index (χ1) is 14.5. The van der Waals surface area contributed by atoms with Crippen molar-refractivity contribution in [3.8, 4) is 17.0 Å². The highest BCUT2D eigenvalue weighted by molar-refractivity contribution is 7.16. The van der Waals surface area contributed by atoms with Crippen molar-refractivity contribution in [1.29, 1.82) is 0 Å². The third-order valence-corrected chi connectivity index (χ3v) is 5.88. The molecule has 1 amide bonds. The summed E-state index contributed by atoms with van der Waals surface area (Å²) >= 11 is 1.47. The predicted molar refractivity (Wildman–Crippen MR) is 116 cm³/mol. The molecule has 4 rings (SSSR count). The lowest BCUT2D eigenvalue weighted by Gasteiger charge is -2.10. The lowest BCUT2D eigenvalue weighted by molar-refractivity contribution is -0.116. The summed E-state index contributed by atoms with van der Waals surface area (Å²) in [4.78, 5) is 26.8. The molecule has 0 radical (unpaired) electrons. The molecule has 3 heterocycles. The maximum absolute atomic E-state index is 12.5. The third kappa shape index (κ3) is 3.88. The standard InChI is InChI=1S/C21H22N6O2S/c1-12-17(13(2)27-20(24-12)22-11-23-27)9-10-18(28)25-21-26-19(14(3)30-21)15-5-7-16(29-4)8-6-15/h5-8,11H,9-10H2,1-4H3,(H,25,26,28). The van der Waals surface area contributed by atoms with Gasteiger partial charge in [-0.1, -0.05) is 0 Å². The molecule has 4 aromatic rings. The minimum absolute atomic E-state index is 0.0810. The first-order valence-corrected chi connectivity index (χ1v) is 10.4. The first-order valence-electron chi connectivity index (χ1n) is 9.53. The van der Waals surface area contributed by atoms with Crippen LogP contribution < -0.4 is 10.1 Å². The lowest BCUT2D eigenvalue weighted by Crippen LogP contribution is -2.14. The monoisotopic (exact) mass is 422 g/mol. The highest BCUT2D eigenvalue weighted by atomic mass is 32.1. The summed E-state index contributed by atoms with van der Waals surface area (Å²) < 4.78 is 6.90. The van der Waals surface area contributed by atoms with Gasteiger partial charge in [-0.2, -0.15) is 10.1 Å². The number of amides is 1. The van der Waals surface area contributed by atoms with Crippen LogP contribution in [-0.2, 0) is 11.2 Å². The molecule has 0 aliphatic heterocycles. The number of carbonyl (C=O) groups is 1. The first kappa shape index (κ1) is 20.0. The Morgan fingerprint density at radius 3 is 2.67 bits per heavy atom. The van der Waals surface area contributed by atoms with Gasteiger partial charge in [0.2, 0.25) is 5.91 Å². The van der Waals surface area contributed by atoms with Gasteiger partial charge in [-0.25, -0.2) is 14.5 Å². The number of rotatable bonds is 6. The average Bonchev–Trinajstić information content (AvgIpc) is 3.34. The SMILES string of the molecule is COc1ccc(-c2nc(NC(=O)CCc3c(C)nc4ncnn4c3C)sc2C)cc1. The molecule has 0 saturated heterocycles. The molecule has 3 aromatic heterocycles. The molecule has 0 saturated carbocycles. The minimum Gasteiger partial charge on any atom is -0.497 e. The highest BCUT2D eigenvalue weighted by Crippen LogP contribution is 2.31. The predicted octanol–water partition coefficient (Wildman–Crippen LogP) is 3.75. The summed E-state index contributed by atoms with van der Waals surface area (Å²) in [5.41, 5.74) is 4.69. The Hall–Kier alpha value is -3.33. The van der Waals surface area contributed by atoms with E-state index in [1.807, 2.05) is 45.0 Å². The smallest absolute Gasteiger partial charge is 0.252 e. The number of methoxy groups -OCH3 is 1. The second kappa shape index (κ2) is 8.19. The van der Waals surface area contributed by atoms with E-state index in [9.17, 15) is 4.79 Å². The number of thiazole rings is 1. The number of aromatic nitrogens is 5. The van der Waals surface area contributed by atoms with Gasteiger partial charge in [-0.15, -0.1) is 11.3 Å². The zero-order valence-electron chi connectivity index (χ0n) is 17.3. The summed E-state index contributed by atoms with van der Waals surface area (Å²) in [5.74, 6) is 1.29. The van der Waals surface area contributed by atoms with Crippen molar-refractivity contribution in [3.63, 3.8) is 0 Å². The van der Waals surface area contributed by atoms with Gasteiger partial charge < -0.3 is 10.1 Å². The summed E-state index contributed by atoms with van der Waals surface area (Å²) in [7, 11) is 1.64. The van der Waals surface area contributed by atoms with E-state index < -0.39 is 0 Å². The van der Waals surface area contributed by atoms with Crippen LogP contribution in [0.3, 0.4) is 0 Å². The van der Waals surface area contributed by atoms with Crippen LogP contribution in [0.4, 0.5) is 5.13 Å². The van der Waals surface area contributed by atoms with Gasteiger partial charge >= 0.3 is 0 Å². The van der Waals surface area contributed by atoms with Gasteiger partial charge in [0.25, 0.3) is 5.78 Å². The zero-order chi connectivity index (χ0) is 21.3. The van der Waals surface area contributed by atoms with E-state index in [4.69, 9.17) is 4.74 Å². The molecule has 30 heavy (non-hydrogen) atoms. The summed E-state index contributed by atoms with van der Waals surface area (Å²) in [6.45, 7) is 5.90. The molecule has 0 atom stereocenters. The average molecular weight is 423 g/mol. The zero-order valence-corrected chi connectivity index (χ0v) is 18.1. The maximum atomic E-state index is 12.5. The van der Waals surface area contributed by atoms with E-state index in [1.54, 1.807) is 11.6 Å². The Labute approximate surface area is 178 Å². The van der Waals surface area contributed by atoms with Crippen molar-refractivity contribution in [2.24, 2.45) is 0 Å². The molecule has 0 unspecified atom stereocenters. The second-order valence-corrected chi connectivity index (χ2v) is 8.14. The Morgan fingerprint density at radius 2 is 1.93 bits per heavy atom. The lowest BCUT2D eigenvalue weighted by atomic mass is 10.1. The minimum atomic E-state index is -0.0810. The van der Waals surface area contributed by atoms with E-state index >= 15 is 0 Å². The van der Waals surface area contributed by atoms with Crippen LogP contribution in [0.2, 0.25) is 0 Å². The molecule has 0 aliphatic rings. The van der Waals surface area contributed by atoms with Crippen molar-refractivity contribution in [2.75, 3.05) is 12.4 Å². The number of aryl methyl sites for hydroxylation is 3. The Balaban J connectivity index is 1.45. The summed E-state index contributed by atoms with van der Waals surface area (Å²) in [6.07, 6.45) is 2.39. The molecule has 8 nitrogen and oxygen atoms in total. The molecule has 1 N–H and O–H groups in total. The fraction of sp³-hybridized carbons (Fsp3) is 0.286. The van der Waals surface area contributed by atoms with Crippen LogP contribution in [0.15, 0.2) is 30.6 Å². The number of nitrogens with one attached hydrogen (secondary N) is 1. The van der Waals surface area contributed by atoms with Crippen molar-refractivity contribution >= 4 is 28.2 Å². The Bertz CT molecular complexity index is 1210. The molecule has 0 fully saturated rings. The Morgan fingerprint density at radius 1 is 1.17 bits per heavy atom. The molecular formula is C21H22N6O2S. The number of hydrogen-bond donors (Lipinski definition) is 1. The van der Waals surface area contributed by atoms with Crippen LogP contribution in [0, 0.1) is 20.8 Å². The fourth-order valence-electron chi connectivity index (χ4n) is 3.40. The van der Waals surface area contributed by atoms with Crippen LogP contribution >= 0.6 is 11.3 Å². The molecule has 154 valence electrons. The topological polar surface area (TPSA) is 94.3 Å². The van der Waals surface area contributed by atoms with Crippen LogP contribution in [0.25, 0.3) is 17.0 Å². The number of fused-ring (bicyclic) bond motifs is 1. The van der Waals surface area contributed by atoms with E-state index in [2.05, 4.69) is 25.4 Å². The second-order valence-electron chi connectivity index (χ2n) is 6.93. The number of nitrogens with zero attached hydrogens (tertiary/aromatic N) is 5. The quantitative estimate of drug-likeness (QED) is 0.509. The van der Waals surface area contributed by atoms with Crippen molar-refractivity contribution in [3.05, 3.63) is 52.4 Å². The number of carbonyl (C=O) groups excluding carboxylic acids is 1. The highest BCUT2D eigenvalue weighted by Gasteiger charge is 2.15. The fourth-order valence-corrected chi connectivity index (χ4v) is 4.26. The number of anilines is 1. The van der Waals surface area contributed by atoms with E-state index in [-0.39, 0.29) is 5.91 Å². The number of hydrogen-bond acceptors (Lipinski definition) is 7. The third-order valence-electron chi connectivity index (χ3n) is 5.00. The van der Waals surface area contributed by atoms with Gasteiger partial charge in [-0.05, 0) is 57.0 Å². The van der Waals surface area contributed by atoms with E-state index in [0.29, 0.717) is 23.8 Å². The molecule has 0 bridgehead atoms. The van der Waals surface area contributed by atoms with Gasteiger partial charge in [0, 0.05) is 28.2 Å². The van der Waals surface area contributed by atoms with Crippen LogP contribution in [0.1, 0.15) is 28.2 Å². The van der Waals surface area contributed by atoms with E-state index in [1.165, 1.54) is 17.7 Å². The number of ether oxygens (including phenoxy) is 1.